The van der Waals surface area contributed by atoms with E-state index in [4.69, 9.17) is 4.74 Å². The zero-order valence-electron chi connectivity index (χ0n) is 37.9. The van der Waals surface area contributed by atoms with E-state index in [1.807, 2.05) is 54.7 Å². The molecule has 3 atom stereocenters. The molecule has 334 valence electrons. The molecule has 0 fully saturated rings. The van der Waals surface area contributed by atoms with Crippen LogP contribution in [0.1, 0.15) is 220 Å². The van der Waals surface area contributed by atoms with Gasteiger partial charge in [-0.3, -0.25) is 9.59 Å². The van der Waals surface area contributed by atoms with E-state index in [1.165, 1.54) is 116 Å². The lowest BCUT2D eigenvalue weighted by Crippen LogP contribution is -2.46. The van der Waals surface area contributed by atoms with Crippen LogP contribution >= 0.6 is 0 Å². The summed E-state index contributed by atoms with van der Waals surface area (Å²) in [7, 11) is 0. The Labute approximate surface area is 358 Å². The van der Waals surface area contributed by atoms with Gasteiger partial charge in [0.15, 0.2) is 0 Å². The summed E-state index contributed by atoms with van der Waals surface area (Å²) in [6.45, 7) is 6.30. The summed E-state index contributed by atoms with van der Waals surface area (Å²) in [5, 5.41) is 23.7. The summed E-state index contributed by atoms with van der Waals surface area (Å²) in [4.78, 5) is 26.0. The molecule has 0 aliphatic rings. The van der Waals surface area contributed by atoms with Gasteiger partial charge in [-0.15, -0.1) is 0 Å². The predicted octanol–water partition coefficient (Wildman–Crippen LogP) is 14.2. The first-order valence-electron chi connectivity index (χ1n) is 24.2. The van der Waals surface area contributed by atoms with Gasteiger partial charge in [0.2, 0.25) is 5.91 Å². The molecular weight excluding hydrogens is 719 g/mol. The van der Waals surface area contributed by atoms with Crippen LogP contribution in [0.5, 0.6) is 0 Å². The molecular formula is C52H91NO5. The first kappa shape index (κ1) is 55.3. The molecule has 0 radical (unpaired) electrons. The molecule has 58 heavy (non-hydrogen) atoms. The van der Waals surface area contributed by atoms with E-state index in [1.54, 1.807) is 0 Å². The minimum atomic E-state index is -0.808. The molecule has 0 bridgehead atoms. The Morgan fingerprint density at radius 3 is 1.48 bits per heavy atom. The van der Waals surface area contributed by atoms with Gasteiger partial charge in [0.1, 0.15) is 6.10 Å². The second kappa shape index (κ2) is 45.4. The number of hydrogen-bond donors (Lipinski definition) is 3. The fourth-order valence-corrected chi connectivity index (χ4v) is 6.99. The number of aliphatic hydroxyl groups is 2. The van der Waals surface area contributed by atoms with Crippen molar-refractivity contribution < 1.29 is 24.5 Å². The van der Waals surface area contributed by atoms with Crippen molar-refractivity contribution in [1.82, 2.24) is 5.32 Å². The Bertz CT molecular complexity index is 1090. The van der Waals surface area contributed by atoms with Gasteiger partial charge in [0.25, 0.3) is 0 Å². The molecule has 0 heterocycles. The van der Waals surface area contributed by atoms with Crippen LogP contribution in [0.4, 0.5) is 0 Å². The summed E-state index contributed by atoms with van der Waals surface area (Å²) in [6.07, 6.45) is 56.8. The summed E-state index contributed by atoms with van der Waals surface area (Å²) in [5.41, 5.74) is 0. The molecule has 0 aromatic carbocycles. The first-order chi connectivity index (χ1) is 28.5. The number of unbranched alkanes of at least 4 members (excludes halogenated alkanes) is 22. The van der Waals surface area contributed by atoms with Gasteiger partial charge in [-0.05, 0) is 57.8 Å². The number of aliphatic hydroxyl groups excluding tert-OH is 2. The largest absolute Gasteiger partial charge is 0.462 e. The van der Waals surface area contributed by atoms with E-state index in [0.29, 0.717) is 19.3 Å². The monoisotopic (exact) mass is 810 g/mol. The van der Waals surface area contributed by atoms with Crippen molar-refractivity contribution in [3.63, 3.8) is 0 Å². The maximum atomic E-state index is 13.1. The topological polar surface area (TPSA) is 95.9 Å². The van der Waals surface area contributed by atoms with Crippen LogP contribution in [0.3, 0.4) is 0 Å². The van der Waals surface area contributed by atoms with Crippen molar-refractivity contribution in [2.75, 3.05) is 6.61 Å². The summed E-state index contributed by atoms with van der Waals surface area (Å²) in [6, 6.07) is -0.726. The smallest absolute Gasteiger partial charge is 0.306 e. The van der Waals surface area contributed by atoms with Gasteiger partial charge in [-0.2, -0.15) is 0 Å². The van der Waals surface area contributed by atoms with Crippen LogP contribution in [0.15, 0.2) is 72.9 Å². The molecule has 0 aromatic heterocycles. The lowest BCUT2D eigenvalue weighted by atomic mass is 10.0. The molecule has 0 saturated heterocycles. The van der Waals surface area contributed by atoms with Crippen LogP contribution in [-0.4, -0.2) is 46.9 Å². The highest BCUT2D eigenvalue weighted by Crippen LogP contribution is 2.16. The number of hydrogen-bond acceptors (Lipinski definition) is 5. The predicted molar refractivity (Wildman–Crippen MR) is 250 cm³/mol. The van der Waals surface area contributed by atoms with Crippen molar-refractivity contribution in [2.45, 2.75) is 238 Å². The van der Waals surface area contributed by atoms with Crippen molar-refractivity contribution in [2.24, 2.45) is 0 Å². The summed E-state index contributed by atoms with van der Waals surface area (Å²) < 4.78 is 5.85. The normalized spacial score (nSPS) is 13.9. The quantitative estimate of drug-likeness (QED) is 0.0247. The van der Waals surface area contributed by atoms with Crippen LogP contribution in [0, 0.1) is 0 Å². The first-order valence-corrected chi connectivity index (χ1v) is 24.2. The van der Waals surface area contributed by atoms with Gasteiger partial charge >= 0.3 is 5.97 Å². The lowest BCUT2D eigenvalue weighted by Gasteiger charge is -2.24. The van der Waals surface area contributed by atoms with Crippen molar-refractivity contribution in [3.8, 4) is 0 Å². The molecule has 0 spiro atoms. The molecule has 6 heteroatoms. The molecule has 0 rings (SSSR count). The molecule has 0 aromatic rings. The van der Waals surface area contributed by atoms with E-state index in [0.717, 1.165) is 51.4 Å². The summed E-state index contributed by atoms with van der Waals surface area (Å²) in [5.74, 6) is -0.595. The Balaban J connectivity index is 4.70. The molecule has 1 amide bonds. The average molecular weight is 810 g/mol. The van der Waals surface area contributed by atoms with Crippen LogP contribution in [-0.2, 0) is 14.3 Å². The highest BCUT2D eigenvalue weighted by molar-refractivity contribution is 5.77. The van der Waals surface area contributed by atoms with Gasteiger partial charge in [0, 0.05) is 6.42 Å². The molecule has 0 aliphatic carbocycles. The number of carbonyl (C=O) groups is 2. The van der Waals surface area contributed by atoms with E-state index in [9.17, 15) is 19.8 Å². The number of nitrogens with one attached hydrogen (secondary N) is 1. The number of amides is 1. The standard InChI is InChI=1S/C52H91NO5/c1-4-7-10-13-16-19-22-25-27-29-32-35-38-41-44-50(55)49(47-54)53-51(56)46-48(43-40-37-34-31-28-24-21-18-15-12-9-6-3)58-52(57)45-42-39-36-33-30-26-23-20-17-14-11-8-5-2/h8,11,14,17,20,23,26,30-31,33-34,36,48-50,54-55H,4-7,9-10,12-13,15-16,18-19,21-22,24-25,27-29,32,35,37-47H2,1-3H3,(H,53,56)/b11-8+,17-14+,23-20-,30-26-,34-31-,36-33+. The molecule has 0 aliphatic heterocycles. The summed E-state index contributed by atoms with van der Waals surface area (Å²) >= 11 is 0. The highest BCUT2D eigenvalue weighted by atomic mass is 16.5. The maximum absolute atomic E-state index is 13.1. The third kappa shape index (κ3) is 40.1. The van der Waals surface area contributed by atoms with Gasteiger partial charge in [-0.1, -0.05) is 222 Å². The van der Waals surface area contributed by atoms with Crippen molar-refractivity contribution in [1.29, 1.82) is 0 Å². The van der Waals surface area contributed by atoms with Crippen LogP contribution in [0.25, 0.3) is 0 Å². The minimum Gasteiger partial charge on any atom is -0.462 e. The highest BCUT2D eigenvalue weighted by Gasteiger charge is 2.24. The number of esters is 1. The zero-order valence-corrected chi connectivity index (χ0v) is 37.9. The maximum Gasteiger partial charge on any atom is 0.306 e. The van der Waals surface area contributed by atoms with E-state index in [2.05, 4.69) is 44.3 Å². The zero-order chi connectivity index (χ0) is 42.4. The number of carbonyl (C=O) groups excluding carboxylic acids is 2. The molecule has 0 saturated carbocycles. The van der Waals surface area contributed by atoms with E-state index in [-0.39, 0.29) is 31.3 Å². The Morgan fingerprint density at radius 2 is 0.966 bits per heavy atom. The number of allylic oxidation sites excluding steroid dienone is 12. The third-order valence-electron chi connectivity index (χ3n) is 10.6. The Kier molecular flexibility index (Phi) is 43.3. The lowest BCUT2D eigenvalue weighted by molar-refractivity contribution is -0.151. The Hall–Kier alpha value is -2.70. The second-order valence-corrected chi connectivity index (χ2v) is 16.2. The minimum absolute atomic E-state index is 0.0257. The molecule has 3 N–H and O–H groups in total. The molecule has 3 unspecified atom stereocenters. The van der Waals surface area contributed by atoms with E-state index < -0.39 is 18.2 Å². The third-order valence-corrected chi connectivity index (χ3v) is 10.6. The average Bonchev–Trinajstić information content (AvgIpc) is 3.22. The fraction of sp³-hybridized carbons (Fsp3) is 0.731. The SMILES string of the molecule is CC/C=C/C=C/C=C\C=C/C=C/CCCC(=O)OC(CCC/C=C\CCCCCCCCC)CC(=O)NC(CO)C(O)CCCCCCCCCCCCCCCC. The number of ether oxygens (including phenoxy) is 1. The van der Waals surface area contributed by atoms with Crippen LogP contribution in [0.2, 0.25) is 0 Å². The van der Waals surface area contributed by atoms with Crippen LogP contribution < -0.4 is 5.32 Å². The number of rotatable bonds is 42. The molecule has 6 nitrogen and oxygen atoms in total. The van der Waals surface area contributed by atoms with Gasteiger partial charge in [-0.25, -0.2) is 0 Å². The second-order valence-electron chi connectivity index (χ2n) is 16.2. The van der Waals surface area contributed by atoms with Crippen molar-refractivity contribution >= 4 is 11.9 Å². The van der Waals surface area contributed by atoms with Crippen molar-refractivity contribution in [3.05, 3.63) is 72.9 Å². The van der Waals surface area contributed by atoms with Gasteiger partial charge in [0.05, 0.1) is 25.2 Å². The van der Waals surface area contributed by atoms with Gasteiger partial charge < -0.3 is 20.3 Å². The Morgan fingerprint density at radius 1 is 0.517 bits per heavy atom. The van der Waals surface area contributed by atoms with E-state index >= 15 is 0 Å². The fourth-order valence-electron chi connectivity index (χ4n) is 6.99.